The molecule has 0 aliphatic heterocycles. The van der Waals surface area contributed by atoms with Gasteiger partial charge in [-0.05, 0) is 54.9 Å². The third-order valence-corrected chi connectivity index (χ3v) is 4.36. The summed E-state index contributed by atoms with van der Waals surface area (Å²) >= 11 is 3.51. The fourth-order valence-corrected chi connectivity index (χ4v) is 3.55. The van der Waals surface area contributed by atoms with Crippen molar-refractivity contribution in [2.45, 2.75) is 46.6 Å². The maximum Gasteiger partial charge on any atom is 0.0372 e. The molecule has 1 aliphatic carbocycles. The van der Waals surface area contributed by atoms with Crippen LogP contribution in [0.2, 0.25) is 0 Å². The highest BCUT2D eigenvalue weighted by molar-refractivity contribution is 9.10. The Labute approximate surface area is 113 Å². The van der Waals surface area contributed by atoms with Crippen molar-refractivity contribution in [3.63, 3.8) is 0 Å². The molecule has 2 rings (SSSR count). The highest BCUT2D eigenvalue weighted by Gasteiger charge is 2.36. The number of hydrogen-bond donors (Lipinski definition) is 1. The standard InChI is InChI=1S/C15H22BrN/c1-10-7-12(16)5-6-13(10)17-14-9-15(3,4)8-11(14)2/h5-7,11,14,17H,8-9H2,1-4H3. The van der Waals surface area contributed by atoms with Crippen molar-refractivity contribution in [2.24, 2.45) is 11.3 Å². The first-order valence-electron chi connectivity index (χ1n) is 6.40. The van der Waals surface area contributed by atoms with Crippen LogP contribution in [-0.2, 0) is 0 Å². The van der Waals surface area contributed by atoms with Crippen LogP contribution in [0.4, 0.5) is 5.69 Å². The fourth-order valence-electron chi connectivity index (χ4n) is 3.08. The summed E-state index contributed by atoms with van der Waals surface area (Å²) in [6, 6.07) is 7.08. The summed E-state index contributed by atoms with van der Waals surface area (Å²) in [5.74, 6) is 0.757. The molecule has 1 nitrogen and oxygen atoms in total. The van der Waals surface area contributed by atoms with E-state index >= 15 is 0 Å². The largest absolute Gasteiger partial charge is 0.382 e. The maximum atomic E-state index is 3.72. The van der Waals surface area contributed by atoms with Crippen LogP contribution >= 0.6 is 15.9 Å². The van der Waals surface area contributed by atoms with Crippen molar-refractivity contribution < 1.29 is 0 Å². The molecule has 2 unspecified atom stereocenters. The summed E-state index contributed by atoms with van der Waals surface area (Å²) < 4.78 is 1.15. The van der Waals surface area contributed by atoms with E-state index < -0.39 is 0 Å². The molecule has 0 saturated heterocycles. The highest BCUT2D eigenvalue weighted by atomic mass is 79.9. The van der Waals surface area contributed by atoms with Crippen LogP contribution in [0.25, 0.3) is 0 Å². The Bertz CT molecular complexity index is 411. The molecule has 94 valence electrons. The van der Waals surface area contributed by atoms with Gasteiger partial charge in [-0.15, -0.1) is 0 Å². The third kappa shape index (κ3) is 3.04. The van der Waals surface area contributed by atoms with Crippen LogP contribution in [0.1, 0.15) is 39.2 Å². The zero-order chi connectivity index (χ0) is 12.6. The van der Waals surface area contributed by atoms with E-state index in [2.05, 4.69) is 67.1 Å². The second-order valence-corrected chi connectivity index (χ2v) is 7.18. The first-order valence-corrected chi connectivity index (χ1v) is 7.19. The lowest BCUT2D eigenvalue weighted by Gasteiger charge is -2.21. The van der Waals surface area contributed by atoms with Gasteiger partial charge in [0, 0.05) is 16.2 Å². The molecule has 0 aromatic heterocycles. The number of hydrogen-bond acceptors (Lipinski definition) is 1. The first-order chi connectivity index (χ1) is 7.87. The summed E-state index contributed by atoms with van der Waals surface area (Å²) in [5.41, 5.74) is 3.08. The molecule has 0 heterocycles. The summed E-state index contributed by atoms with van der Waals surface area (Å²) in [6.45, 7) is 9.28. The van der Waals surface area contributed by atoms with E-state index in [1.165, 1.54) is 24.1 Å². The van der Waals surface area contributed by atoms with E-state index in [-0.39, 0.29) is 0 Å². The monoisotopic (exact) mass is 295 g/mol. The van der Waals surface area contributed by atoms with Gasteiger partial charge in [0.1, 0.15) is 0 Å². The molecule has 2 heteroatoms. The van der Waals surface area contributed by atoms with Gasteiger partial charge in [-0.1, -0.05) is 36.7 Å². The fraction of sp³-hybridized carbons (Fsp3) is 0.600. The second kappa shape index (κ2) is 4.64. The van der Waals surface area contributed by atoms with Crippen LogP contribution in [0, 0.1) is 18.3 Å². The molecule has 1 aromatic rings. The van der Waals surface area contributed by atoms with Crippen LogP contribution in [0.5, 0.6) is 0 Å². The van der Waals surface area contributed by atoms with Gasteiger partial charge in [-0.3, -0.25) is 0 Å². The minimum Gasteiger partial charge on any atom is -0.382 e. The van der Waals surface area contributed by atoms with E-state index in [1.54, 1.807) is 0 Å². The Balaban J connectivity index is 2.11. The Kier molecular flexibility index (Phi) is 3.53. The van der Waals surface area contributed by atoms with Gasteiger partial charge in [0.15, 0.2) is 0 Å². The second-order valence-electron chi connectivity index (χ2n) is 6.26. The lowest BCUT2D eigenvalue weighted by atomic mass is 9.91. The molecule has 1 saturated carbocycles. The Morgan fingerprint density at radius 3 is 2.53 bits per heavy atom. The van der Waals surface area contributed by atoms with Gasteiger partial charge in [-0.25, -0.2) is 0 Å². The van der Waals surface area contributed by atoms with E-state index in [4.69, 9.17) is 0 Å². The lowest BCUT2D eigenvalue weighted by molar-refractivity contribution is 0.366. The predicted octanol–water partition coefficient (Wildman–Crippen LogP) is 4.99. The third-order valence-electron chi connectivity index (χ3n) is 3.86. The highest BCUT2D eigenvalue weighted by Crippen LogP contribution is 2.42. The average molecular weight is 296 g/mol. The molecule has 0 amide bonds. The summed E-state index contributed by atoms with van der Waals surface area (Å²) in [5, 5.41) is 3.72. The molecule has 1 aliphatic rings. The van der Waals surface area contributed by atoms with Gasteiger partial charge >= 0.3 is 0 Å². The first kappa shape index (κ1) is 12.9. The molecule has 1 aromatic carbocycles. The topological polar surface area (TPSA) is 12.0 Å². The number of rotatable bonds is 2. The number of nitrogens with one attached hydrogen (secondary N) is 1. The van der Waals surface area contributed by atoms with Gasteiger partial charge in [-0.2, -0.15) is 0 Å². The number of aryl methyl sites for hydroxylation is 1. The van der Waals surface area contributed by atoms with Crippen molar-refractivity contribution >= 4 is 21.6 Å². The van der Waals surface area contributed by atoms with Crippen molar-refractivity contribution in [3.05, 3.63) is 28.2 Å². The van der Waals surface area contributed by atoms with Gasteiger partial charge in [0.2, 0.25) is 0 Å². The molecule has 0 bridgehead atoms. The average Bonchev–Trinajstić information content (AvgIpc) is 2.44. The smallest absolute Gasteiger partial charge is 0.0372 e. The van der Waals surface area contributed by atoms with E-state index in [0.29, 0.717) is 11.5 Å². The minimum atomic E-state index is 0.486. The predicted molar refractivity (Wildman–Crippen MR) is 78.5 cm³/mol. The SMILES string of the molecule is Cc1cc(Br)ccc1NC1CC(C)(C)CC1C. The number of benzene rings is 1. The molecule has 2 atom stereocenters. The molecule has 1 fully saturated rings. The van der Waals surface area contributed by atoms with Crippen LogP contribution in [0.3, 0.4) is 0 Å². The number of anilines is 1. The Morgan fingerprint density at radius 1 is 1.29 bits per heavy atom. The van der Waals surface area contributed by atoms with Crippen molar-refractivity contribution in [1.29, 1.82) is 0 Å². The molecular weight excluding hydrogens is 274 g/mol. The quantitative estimate of drug-likeness (QED) is 0.810. The van der Waals surface area contributed by atoms with Crippen LogP contribution in [0.15, 0.2) is 22.7 Å². The van der Waals surface area contributed by atoms with E-state index in [1.807, 2.05) is 0 Å². The van der Waals surface area contributed by atoms with Crippen molar-refractivity contribution in [1.82, 2.24) is 0 Å². The molecule has 17 heavy (non-hydrogen) atoms. The summed E-state index contributed by atoms with van der Waals surface area (Å²) in [4.78, 5) is 0. The summed E-state index contributed by atoms with van der Waals surface area (Å²) in [7, 11) is 0. The van der Waals surface area contributed by atoms with Gasteiger partial charge in [0.25, 0.3) is 0 Å². The summed E-state index contributed by atoms with van der Waals surface area (Å²) in [6.07, 6.45) is 2.59. The molecule has 0 radical (unpaired) electrons. The minimum absolute atomic E-state index is 0.486. The van der Waals surface area contributed by atoms with E-state index in [0.717, 1.165) is 10.4 Å². The van der Waals surface area contributed by atoms with Crippen molar-refractivity contribution in [3.8, 4) is 0 Å². The molecule has 1 N–H and O–H groups in total. The molecule has 0 spiro atoms. The zero-order valence-electron chi connectivity index (χ0n) is 11.2. The maximum absolute atomic E-state index is 3.72. The van der Waals surface area contributed by atoms with Crippen molar-refractivity contribution in [2.75, 3.05) is 5.32 Å². The number of halogens is 1. The molecular formula is C15H22BrN. The van der Waals surface area contributed by atoms with Crippen LogP contribution in [-0.4, -0.2) is 6.04 Å². The normalized spacial score (nSPS) is 27.1. The van der Waals surface area contributed by atoms with Crippen LogP contribution < -0.4 is 5.32 Å². The lowest BCUT2D eigenvalue weighted by Crippen LogP contribution is -2.22. The van der Waals surface area contributed by atoms with Gasteiger partial charge in [0.05, 0.1) is 0 Å². The van der Waals surface area contributed by atoms with Gasteiger partial charge < -0.3 is 5.32 Å². The van der Waals surface area contributed by atoms with E-state index in [9.17, 15) is 0 Å². The Morgan fingerprint density at radius 2 is 2.00 bits per heavy atom. The zero-order valence-corrected chi connectivity index (χ0v) is 12.8. The Hall–Kier alpha value is -0.500.